The SMILES string of the molecule is CC(C)CN(CN1C(=O)c2ccccc2C1=O)CN1C(=O)c2ccccc2C1=O. The average Bonchev–Trinajstić information content (AvgIpc) is 3.09. The summed E-state index contributed by atoms with van der Waals surface area (Å²) in [5, 5.41) is 0. The summed E-state index contributed by atoms with van der Waals surface area (Å²) in [6.07, 6.45) is 0. The van der Waals surface area contributed by atoms with Crippen LogP contribution in [0.4, 0.5) is 0 Å². The van der Waals surface area contributed by atoms with Crippen LogP contribution in [0, 0.1) is 5.92 Å². The molecule has 0 saturated carbocycles. The van der Waals surface area contributed by atoms with E-state index in [1.165, 1.54) is 9.80 Å². The van der Waals surface area contributed by atoms with Gasteiger partial charge in [0.25, 0.3) is 23.6 Å². The van der Waals surface area contributed by atoms with Crippen LogP contribution in [0.5, 0.6) is 0 Å². The third-order valence-electron chi connectivity index (χ3n) is 5.06. The van der Waals surface area contributed by atoms with Crippen LogP contribution in [-0.4, -0.2) is 58.2 Å². The van der Waals surface area contributed by atoms with Crippen LogP contribution >= 0.6 is 0 Å². The predicted octanol–water partition coefficient (Wildman–Crippen LogP) is 2.45. The normalized spacial score (nSPS) is 15.7. The highest BCUT2D eigenvalue weighted by molar-refractivity contribution is 6.22. The van der Waals surface area contributed by atoms with Gasteiger partial charge in [-0.15, -0.1) is 0 Å². The van der Waals surface area contributed by atoms with Crippen molar-refractivity contribution >= 4 is 23.6 Å². The Bertz CT molecular complexity index is 883. The summed E-state index contributed by atoms with van der Waals surface area (Å²) in [4.78, 5) is 54.9. The van der Waals surface area contributed by atoms with Gasteiger partial charge in [0.2, 0.25) is 0 Å². The second-order valence-electron chi connectivity index (χ2n) is 7.70. The highest BCUT2D eigenvalue weighted by Crippen LogP contribution is 2.25. The summed E-state index contributed by atoms with van der Waals surface area (Å²) in [6.45, 7) is 4.53. The van der Waals surface area contributed by atoms with Crippen molar-refractivity contribution in [3.8, 4) is 0 Å². The summed E-state index contributed by atoms with van der Waals surface area (Å²) < 4.78 is 0. The Morgan fingerprint density at radius 1 is 0.655 bits per heavy atom. The first-order valence-corrected chi connectivity index (χ1v) is 9.51. The minimum atomic E-state index is -0.360. The van der Waals surface area contributed by atoms with E-state index >= 15 is 0 Å². The molecule has 0 atom stereocenters. The molecule has 2 aromatic carbocycles. The Morgan fingerprint density at radius 2 is 0.966 bits per heavy atom. The van der Waals surface area contributed by atoms with Crippen LogP contribution in [-0.2, 0) is 0 Å². The average molecular weight is 391 g/mol. The molecule has 0 unspecified atom stereocenters. The van der Waals surface area contributed by atoms with Gasteiger partial charge in [-0.3, -0.25) is 33.9 Å². The van der Waals surface area contributed by atoms with Gasteiger partial charge in [0.1, 0.15) is 0 Å². The molecule has 0 aliphatic carbocycles. The maximum Gasteiger partial charge on any atom is 0.262 e. The molecule has 0 radical (unpaired) electrons. The Hall–Kier alpha value is -3.32. The Labute approximate surface area is 168 Å². The van der Waals surface area contributed by atoms with Crippen molar-refractivity contribution in [2.24, 2.45) is 5.92 Å². The van der Waals surface area contributed by atoms with E-state index < -0.39 is 0 Å². The lowest BCUT2D eigenvalue weighted by molar-refractivity contribution is 0.0373. The molecule has 0 spiro atoms. The maximum atomic E-state index is 12.7. The molecule has 2 aliphatic rings. The third-order valence-corrected chi connectivity index (χ3v) is 5.06. The van der Waals surface area contributed by atoms with Crippen molar-refractivity contribution in [2.75, 3.05) is 19.9 Å². The van der Waals surface area contributed by atoms with Gasteiger partial charge >= 0.3 is 0 Å². The number of hydrogen-bond acceptors (Lipinski definition) is 5. The number of fused-ring (bicyclic) bond motifs is 2. The second-order valence-corrected chi connectivity index (χ2v) is 7.70. The Morgan fingerprint density at radius 3 is 1.24 bits per heavy atom. The van der Waals surface area contributed by atoms with E-state index in [1.807, 2.05) is 13.8 Å². The molecule has 2 aromatic rings. The predicted molar refractivity (Wildman–Crippen MR) is 105 cm³/mol. The number of amides is 4. The van der Waals surface area contributed by atoms with Gasteiger partial charge in [-0.1, -0.05) is 38.1 Å². The fourth-order valence-electron chi connectivity index (χ4n) is 3.81. The summed E-state index contributed by atoms with van der Waals surface area (Å²) in [5.41, 5.74) is 1.51. The lowest BCUT2D eigenvalue weighted by Crippen LogP contribution is -2.48. The third kappa shape index (κ3) is 3.23. The molecule has 0 N–H and O–H groups in total. The monoisotopic (exact) mass is 391 g/mol. The molecule has 7 heteroatoms. The Balaban J connectivity index is 1.56. The van der Waals surface area contributed by atoms with Crippen molar-refractivity contribution in [1.29, 1.82) is 0 Å². The number of benzene rings is 2. The van der Waals surface area contributed by atoms with Gasteiger partial charge in [0, 0.05) is 6.54 Å². The van der Waals surface area contributed by atoms with Gasteiger partial charge in [-0.05, 0) is 30.2 Å². The zero-order chi connectivity index (χ0) is 20.7. The van der Waals surface area contributed by atoms with Crippen LogP contribution in [0.1, 0.15) is 55.3 Å². The van der Waals surface area contributed by atoms with E-state index in [0.29, 0.717) is 28.8 Å². The molecular weight excluding hydrogens is 370 g/mol. The van der Waals surface area contributed by atoms with Crippen LogP contribution in [0.2, 0.25) is 0 Å². The molecule has 0 fully saturated rings. The number of rotatable bonds is 6. The van der Waals surface area contributed by atoms with Crippen molar-refractivity contribution < 1.29 is 19.2 Å². The number of hydrogen-bond donors (Lipinski definition) is 0. The van der Waals surface area contributed by atoms with Crippen LogP contribution in [0.15, 0.2) is 48.5 Å². The first kappa shape index (κ1) is 19.0. The summed E-state index contributed by atoms with van der Waals surface area (Å²) in [7, 11) is 0. The molecule has 0 aromatic heterocycles. The van der Waals surface area contributed by atoms with E-state index in [9.17, 15) is 19.2 Å². The number of imide groups is 2. The smallest absolute Gasteiger partial charge is 0.262 e. The first-order chi connectivity index (χ1) is 13.9. The van der Waals surface area contributed by atoms with Crippen LogP contribution in [0.3, 0.4) is 0 Å². The highest BCUT2D eigenvalue weighted by atomic mass is 16.2. The van der Waals surface area contributed by atoms with E-state index in [4.69, 9.17) is 0 Å². The van der Waals surface area contributed by atoms with Crippen molar-refractivity contribution in [2.45, 2.75) is 13.8 Å². The van der Waals surface area contributed by atoms with Gasteiger partial charge in [-0.2, -0.15) is 0 Å². The standard InChI is InChI=1S/C22H21N3O4/c1-14(2)11-23(12-24-19(26)15-7-3-4-8-16(15)20(24)27)13-25-21(28)17-9-5-6-10-18(17)22(25)29/h3-10,14H,11-13H2,1-2H3. The lowest BCUT2D eigenvalue weighted by Gasteiger charge is -2.30. The molecule has 4 rings (SSSR count). The fourth-order valence-corrected chi connectivity index (χ4v) is 3.81. The topological polar surface area (TPSA) is 78.0 Å². The molecule has 29 heavy (non-hydrogen) atoms. The summed E-state index contributed by atoms with van der Waals surface area (Å²) >= 11 is 0. The van der Waals surface area contributed by atoms with Crippen LogP contribution < -0.4 is 0 Å². The maximum absolute atomic E-state index is 12.7. The molecule has 2 aliphatic heterocycles. The van der Waals surface area contributed by atoms with E-state index in [0.717, 1.165) is 0 Å². The molecule has 7 nitrogen and oxygen atoms in total. The molecule has 148 valence electrons. The van der Waals surface area contributed by atoms with Crippen molar-refractivity contribution in [1.82, 2.24) is 14.7 Å². The highest BCUT2D eigenvalue weighted by Gasteiger charge is 2.39. The fraction of sp³-hybridized carbons (Fsp3) is 0.273. The molecule has 2 heterocycles. The molecule has 0 saturated heterocycles. The molecule has 0 bridgehead atoms. The zero-order valence-corrected chi connectivity index (χ0v) is 16.3. The van der Waals surface area contributed by atoms with Gasteiger partial charge in [0.05, 0.1) is 35.6 Å². The minimum Gasteiger partial charge on any atom is -0.269 e. The van der Waals surface area contributed by atoms with E-state index in [2.05, 4.69) is 0 Å². The number of carbonyl (C=O) groups is 4. The first-order valence-electron chi connectivity index (χ1n) is 9.51. The number of carbonyl (C=O) groups excluding carboxylic acids is 4. The van der Waals surface area contributed by atoms with Crippen molar-refractivity contribution in [3.63, 3.8) is 0 Å². The van der Waals surface area contributed by atoms with E-state index in [-0.39, 0.29) is 42.9 Å². The quantitative estimate of drug-likeness (QED) is 0.707. The van der Waals surface area contributed by atoms with Gasteiger partial charge in [0.15, 0.2) is 0 Å². The molecule has 4 amide bonds. The summed E-state index contributed by atoms with van der Waals surface area (Å²) in [6, 6.07) is 13.4. The lowest BCUT2D eigenvalue weighted by atomic mass is 10.1. The second kappa shape index (κ2) is 7.25. The van der Waals surface area contributed by atoms with Gasteiger partial charge in [-0.25, -0.2) is 0 Å². The van der Waals surface area contributed by atoms with Crippen molar-refractivity contribution in [3.05, 3.63) is 70.8 Å². The zero-order valence-electron chi connectivity index (χ0n) is 16.3. The largest absolute Gasteiger partial charge is 0.269 e. The van der Waals surface area contributed by atoms with E-state index in [1.54, 1.807) is 53.4 Å². The number of nitrogens with zero attached hydrogens (tertiary/aromatic N) is 3. The Kier molecular flexibility index (Phi) is 4.76. The minimum absolute atomic E-state index is 0.0118. The molecular formula is C22H21N3O4. The summed E-state index contributed by atoms with van der Waals surface area (Å²) in [5.74, 6) is -1.23. The van der Waals surface area contributed by atoms with Gasteiger partial charge < -0.3 is 0 Å². The van der Waals surface area contributed by atoms with Crippen LogP contribution in [0.25, 0.3) is 0 Å².